The van der Waals surface area contributed by atoms with Gasteiger partial charge in [0.2, 0.25) is 0 Å². The van der Waals surface area contributed by atoms with Gasteiger partial charge in [-0.3, -0.25) is 4.79 Å². The highest BCUT2D eigenvalue weighted by molar-refractivity contribution is 7.99. The SMILES string of the molecule is O=C(O)[C@H](CSc1ccccc1)C[C@@H](O)c1ccc(-c2ccc(Cl)cc2)cc1. The van der Waals surface area contributed by atoms with Gasteiger partial charge in [0.05, 0.1) is 12.0 Å². The molecule has 0 radical (unpaired) electrons. The van der Waals surface area contributed by atoms with Gasteiger partial charge in [-0.1, -0.05) is 66.2 Å². The molecule has 0 spiro atoms. The number of thioether (sulfide) groups is 1. The molecule has 144 valence electrons. The third-order valence-corrected chi connectivity index (χ3v) is 5.95. The van der Waals surface area contributed by atoms with E-state index in [1.54, 1.807) is 0 Å². The maximum atomic E-state index is 11.6. The molecular formula is C23H21ClO3S. The molecule has 3 rings (SSSR count). The largest absolute Gasteiger partial charge is 0.481 e. The Morgan fingerprint density at radius 2 is 1.46 bits per heavy atom. The van der Waals surface area contributed by atoms with Crippen LogP contribution in [0, 0.1) is 5.92 Å². The Bertz CT molecular complexity index is 895. The van der Waals surface area contributed by atoms with Crippen molar-refractivity contribution in [3.8, 4) is 11.1 Å². The fourth-order valence-electron chi connectivity index (χ4n) is 2.90. The van der Waals surface area contributed by atoms with Crippen LogP contribution in [0.1, 0.15) is 18.1 Å². The molecule has 0 fully saturated rings. The number of aliphatic hydroxyl groups excluding tert-OH is 1. The van der Waals surface area contributed by atoms with Gasteiger partial charge >= 0.3 is 5.97 Å². The van der Waals surface area contributed by atoms with Gasteiger partial charge in [0, 0.05) is 15.7 Å². The fourth-order valence-corrected chi connectivity index (χ4v) is 4.05. The molecule has 5 heteroatoms. The molecule has 0 saturated heterocycles. The summed E-state index contributed by atoms with van der Waals surface area (Å²) in [5.74, 6) is -1.10. The lowest BCUT2D eigenvalue weighted by atomic mass is 9.96. The second kappa shape index (κ2) is 9.78. The molecule has 0 amide bonds. The molecule has 2 N–H and O–H groups in total. The van der Waals surface area contributed by atoms with E-state index in [9.17, 15) is 15.0 Å². The zero-order valence-electron chi connectivity index (χ0n) is 15.2. The van der Waals surface area contributed by atoms with Gasteiger partial charge in [-0.2, -0.15) is 0 Å². The quantitative estimate of drug-likeness (QED) is 0.450. The number of halogens is 1. The van der Waals surface area contributed by atoms with E-state index in [1.165, 1.54) is 11.8 Å². The lowest BCUT2D eigenvalue weighted by Gasteiger charge is -2.17. The predicted octanol–water partition coefficient (Wildman–Crippen LogP) is 5.92. The van der Waals surface area contributed by atoms with Crippen LogP contribution in [0.4, 0.5) is 0 Å². The maximum absolute atomic E-state index is 11.6. The van der Waals surface area contributed by atoms with Crippen molar-refractivity contribution in [3.05, 3.63) is 89.4 Å². The van der Waals surface area contributed by atoms with E-state index in [2.05, 4.69) is 0 Å². The van der Waals surface area contributed by atoms with Crippen LogP contribution in [0.25, 0.3) is 11.1 Å². The molecule has 3 aromatic rings. The van der Waals surface area contributed by atoms with Crippen LogP contribution >= 0.6 is 23.4 Å². The Balaban J connectivity index is 1.63. The Hall–Kier alpha value is -2.27. The first-order valence-electron chi connectivity index (χ1n) is 8.97. The van der Waals surface area contributed by atoms with Crippen molar-refractivity contribution in [2.45, 2.75) is 17.4 Å². The number of carbonyl (C=O) groups is 1. The van der Waals surface area contributed by atoms with Crippen molar-refractivity contribution in [2.24, 2.45) is 5.92 Å². The van der Waals surface area contributed by atoms with E-state index in [1.807, 2.05) is 78.9 Å². The van der Waals surface area contributed by atoms with Crippen molar-refractivity contribution < 1.29 is 15.0 Å². The zero-order chi connectivity index (χ0) is 19.9. The third kappa shape index (κ3) is 5.61. The van der Waals surface area contributed by atoms with E-state index >= 15 is 0 Å². The smallest absolute Gasteiger partial charge is 0.307 e. The molecule has 0 unspecified atom stereocenters. The summed E-state index contributed by atoms with van der Waals surface area (Å²) in [7, 11) is 0. The first-order chi connectivity index (χ1) is 13.5. The second-order valence-electron chi connectivity index (χ2n) is 6.54. The molecule has 0 aliphatic heterocycles. The number of carboxylic acids is 1. The Labute approximate surface area is 174 Å². The average Bonchev–Trinajstić information content (AvgIpc) is 2.72. The standard InChI is InChI=1S/C23H21ClO3S/c24-20-12-10-17(11-13-20)16-6-8-18(9-7-16)22(25)14-19(23(26)27)15-28-21-4-2-1-3-5-21/h1-13,19,22,25H,14-15H2,(H,26,27)/t19-,22+/m0/s1. The van der Waals surface area contributed by atoms with Crippen LogP contribution in [0.3, 0.4) is 0 Å². The molecule has 3 nitrogen and oxygen atoms in total. The highest BCUT2D eigenvalue weighted by Crippen LogP contribution is 2.29. The maximum Gasteiger partial charge on any atom is 0.307 e. The summed E-state index contributed by atoms with van der Waals surface area (Å²) >= 11 is 7.41. The van der Waals surface area contributed by atoms with Gasteiger partial charge in [0.25, 0.3) is 0 Å². The molecule has 2 atom stereocenters. The highest BCUT2D eigenvalue weighted by atomic mass is 35.5. The van der Waals surface area contributed by atoms with Gasteiger partial charge in [-0.15, -0.1) is 11.8 Å². The molecule has 0 aliphatic carbocycles. The Morgan fingerprint density at radius 1 is 0.893 bits per heavy atom. The van der Waals surface area contributed by atoms with Gasteiger partial charge < -0.3 is 10.2 Å². The van der Waals surface area contributed by atoms with Crippen LogP contribution < -0.4 is 0 Å². The number of hydrogen-bond donors (Lipinski definition) is 2. The molecular weight excluding hydrogens is 392 g/mol. The van der Waals surface area contributed by atoms with Gasteiger partial charge in [-0.25, -0.2) is 0 Å². The van der Waals surface area contributed by atoms with Crippen molar-refractivity contribution in [2.75, 3.05) is 5.75 Å². The van der Waals surface area contributed by atoms with Crippen LogP contribution in [0.15, 0.2) is 83.8 Å². The summed E-state index contributed by atoms with van der Waals surface area (Å²) in [5.41, 5.74) is 2.77. The zero-order valence-corrected chi connectivity index (χ0v) is 16.7. The van der Waals surface area contributed by atoms with Crippen molar-refractivity contribution >= 4 is 29.3 Å². The molecule has 0 heterocycles. The molecule has 0 aliphatic rings. The average molecular weight is 413 g/mol. The fraction of sp³-hybridized carbons (Fsp3) is 0.174. The molecule has 3 aromatic carbocycles. The van der Waals surface area contributed by atoms with E-state index in [-0.39, 0.29) is 6.42 Å². The van der Waals surface area contributed by atoms with Gasteiger partial charge in [0.15, 0.2) is 0 Å². The number of hydrogen-bond acceptors (Lipinski definition) is 3. The number of aliphatic hydroxyl groups is 1. The van der Waals surface area contributed by atoms with E-state index in [0.717, 1.165) is 16.0 Å². The lowest BCUT2D eigenvalue weighted by Crippen LogP contribution is -2.19. The first kappa shape index (κ1) is 20.5. The number of carboxylic acid groups (broad SMARTS) is 1. The summed E-state index contributed by atoms with van der Waals surface area (Å²) in [6, 6.07) is 24.8. The Morgan fingerprint density at radius 3 is 2.04 bits per heavy atom. The number of rotatable bonds is 8. The molecule has 28 heavy (non-hydrogen) atoms. The second-order valence-corrected chi connectivity index (χ2v) is 8.07. The van der Waals surface area contributed by atoms with E-state index < -0.39 is 18.0 Å². The summed E-state index contributed by atoms with van der Waals surface area (Å²) in [6.07, 6.45) is -0.646. The van der Waals surface area contributed by atoms with Crippen LogP contribution in [-0.2, 0) is 4.79 Å². The van der Waals surface area contributed by atoms with Crippen molar-refractivity contribution in [1.29, 1.82) is 0 Å². The number of aliphatic carboxylic acids is 1. The topological polar surface area (TPSA) is 57.5 Å². The molecule has 0 aromatic heterocycles. The Kier molecular flexibility index (Phi) is 7.15. The summed E-state index contributed by atoms with van der Waals surface area (Å²) in [4.78, 5) is 12.6. The lowest BCUT2D eigenvalue weighted by molar-refractivity contribution is -0.142. The summed E-state index contributed by atoms with van der Waals surface area (Å²) in [6.45, 7) is 0. The number of benzene rings is 3. The van der Waals surface area contributed by atoms with Gasteiger partial charge in [-0.05, 0) is 47.4 Å². The van der Waals surface area contributed by atoms with Crippen molar-refractivity contribution in [3.63, 3.8) is 0 Å². The van der Waals surface area contributed by atoms with Crippen LogP contribution in [0.2, 0.25) is 5.02 Å². The van der Waals surface area contributed by atoms with Gasteiger partial charge in [0.1, 0.15) is 0 Å². The minimum Gasteiger partial charge on any atom is -0.481 e. The minimum atomic E-state index is -0.889. The normalized spacial score (nSPS) is 13.1. The van der Waals surface area contributed by atoms with E-state index in [4.69, 9.17) is 11.6 Å². The van der Waals surface area contributed by atoms with Crippen molar-refractivity contribution in [1.82, 2.24) is 0 Å². The summed E-state index contributed by atoms with van der Waals surface area (Å²) in [5, 5.41) is 20.8. The summed E-state index contributed by atoms with van der Waals surface area (Å²) < 4.78 is 0. The predicted molar refractivity (Wildman–Crippen MR) is 115 cm³/mol. The third-order valence-electron chi connectivity index (χ3n) is 4.52. The van der Waals surface area contributed by atoms with E-state index in [0.29, 0.717) is 16.3 Å². The first-order valence-corrected chi connectivity index (χ1v) is 10.3. The van der Waals surface area contributed by atoms with Crippen LogP contribution in [0.5, 0.6) is 0 Å². The minimum absolute atomic E-state index is 0.176. The molecule has 0 bridgehead atoms. The van der Waals surface area contributed by atoms with Crippen LogP contribution in [-0.4, -0.2) is 21.9 Å². The highest BCUT2D eigenvalue weighted by Gasteiger charge is 2.22. The monoisotopic (exact) mass is 412 g/mol. The molecule has 0 saturated carbocycles.